The number of hydrogen-bond donors (Lipinski definition) is 2. The van der Waals surface area contributed by atoms with E-state index < -0.39 is 6.10 Å². The predicted molar refractivity (Wildman–Crippen MR) is 268 cm³/mol. The van der Waals surface area contributed by atoms with Gasteiger partial charge in [0.25, 0.3) is 0 Å². The van der Waals surface area contributed by atoms with Gasteiger partial charge in [-0.3, -0.25) is 19.2 Å². The largest absolute Gasteiger partial charge is 0.393 e. The van der Waals surface area contributed by atoms with Gasteiger partial charge in [-0.05, 0) is 139 Å². The Labute approximate surface area is 415 Å². The summed E-state index contributed by atoms with van der Waals surface area (Å²) in [5, 5.41) is 47.8. The van der Waals surface area contributed by atoms with Gasteiger partial charge in [0.05, 0.1) is 23.7 Å². The minimum absolute atomic E-state index is 0.0481. The van der Waals surface area contributed by atoms with Gasteiger partial charge in [0.2, 0.25) is 0 Å². The fraction of sp³-hybridized carbons (Fsp3) is 0.441. The topological polar surface area (TPSA) is 190 Å². The lowest BCUT2D eigenvalue weighted by Crippen LogP contribution is -2.36. The fourth-order valence-electron chi connectivity index (χ4n) is 12.0. The Morgan fingerprint density at radius 2 is 0.873 bits per heavy atom. The summed E-state index contributed by atoms with van der Waals surface area (Å²) < 4.78 is 0. The summed E-state index contributed by atoms with van der Waals surface area (Å²) in [5.74, 6) is -0.291. The maximum atomic E-state index is 12.5. The third kappa shape index (κ3) is 9.30. The number of benzene rings is 3. The van der Waals surface area contributed by atoms with E-state index in [4.69, 9.17) is 0 Å². The highest BCUT2D eigenvalue weighted by molar-refractivity contribution is 6.11. The summed E-state index contributed by atoms with van der Waals surface area (Å²) in [4.78, 5) is 55.0. The highest BCUT2D eigenvalue weighted by atomic mass is 16.3. The summed E-state index contributed by atoms with van der Waals surface area (Å²) in [7, 11) is 0. The van der Waals surface area contributed by atoms with E-state index in [1.54, 1.807) is 12.1 Å². The first kappa shape index (κ1) is 47.8. The normalized spacial score (nSPS) is 22.1. The highest BCUT2D eigenvalue weighted by Gasteiger charge is 2.48. The summed E-state index contributed by atoms with van der Waals surface area (Å²) in [6, 6.07) is 23.3. The van der Waals surface area contributed by atoms with Crippen molar-refractivity contribution in [1.29, 1.82) is 15.8 Å². The van der Waals surface area contributed by atoms with Crippen LogP contribution in [-0.2, 0) is 33.6 Å². The molecule has 71 heavy (non-hydrogen) atoms. The summed E-state index contributed by atoms with van der Waals surface area (Å²) in [6.45, 7) is 8.88. The second kappa shape index (κ2) is 19.0. The number of nitriles is 3. The standard InChI is InChI=1S/C20H22N2O3.C20H20N2O.C19H18N2O2/c21-11-16-17(24)10-13-1-2-14(18(25)12-23)9-15(13)19(16)22-7-5-20(3-4-20)6-8-22;1-2-14-3-4-15-12-18(23)17(13-21)19(16(15)11-14)22-9-7-20(5-6-20)8-10-22;20-11-16-17(23)10-14-2-1-13(12-22)9-15(14)18(16)21-7-5-19(3-4-19)6-8-21/h1-2,9,18,23,25H,3-8,10,12H2;2-4,11H,1,5-10,12H2;1-2,9,12H,3-8,10H2. The number of rotatable bonds is 7. The molecule has 1 atom stereocenters. The van der Waals surface area contributed by atoms with Crippen LogP contribution in [0.15, 0.2) is 77.9 Å². The first-order valence-electron chi connectivity index (χ1n) is 25.4. The molecular weight excluding hydrogens is 889 g/mol. The van der Waals surface area contributed by atoms with Crippen LogP contribution in [0.5, 0.6) is 0 Å². The number of likely N-dealkylation sites (tertiary alicyclic amines) is 3. The van der Waals surface area contributed by atoms with Crippen molar-refractivity contribution in [3.8, 4) is 18.2 Å². The molecule has 3 saturated carbocycles. The van der Waals surface area contributed by atoms with Crippen LogP contribution in [0.1, 0.15) is 138 Å². The molecule has 6 aliphatic carbocycles. The maximum absolute atomic E-state index is 12.5. The zero-order valence-electron chi connectivity index (χ0n) is 40.4. The molecular formula is C59H60N6O6. The number of fused-ring (bicyclic) bond motifs is 3. The third-order valence-corrected chi connectivity index (χ3v) is 17.3. The number of aliphatic hydroxyl groups is 2. The molecule has 362 valence electrons. The molecule has 6 fully saturated rings. The Morgan fingerprint density at radius 3 is 1.20 bits per heavy atom. The number of ketones is 3. The maximum Gasteiger partial charge on any atom is 0.179 e. The molecule has 3 saturated heterocycles. The Hall–Kier alpha value is -6.91. The van der Waals surface area contributed by atoms with Crippen molar-refractivity contribution < 1.29 is 29.4 Å². The Bertz CT molecular complexity index is 2840. The van der Waals surface area contributed by atoms with Gasteiger partial charge in [0.15, 0.2) is 17.3 Å². The van der Waals surface area contributed by atoms with E-state index in [0.717, 1.165) is 127 Å². The average Bonchev–Trinajstić information content (AvgIpc) is 4.36. The molecule has 0 aromatic heterocycles. The van der Waals surface area contributed by atoms with Crippen molar-refractivity contribution in [1.82, 2.24) is 14.7 Å². The quantitative estimate of drug-likeness (QED) is 0.216. The first-order chi connectivity index (χ1) is 34.4. The average molecular weight is 949 g/mol. The monoisotopic (exact) mass is 948 g/mol. The van der Waals surface area contributed by atoms with Gasteiger partial charge in [-0.2, -0.15) is 15.8 Å². The molecule has 3 heterocycles. The van der Waals surface area contributed by atoms with Gasteiger partial charge in [0, 0.05) is 80.8 Å². The van der Waals surface area contributed by atoms with Gasteiger partial charge in [0.1, 0.15) is 47.3 Å². The Kier molecular flexibility index (Phi) is 12.8. The van der Waals surface area contributed by atoms with Gasteiger partial charge in [-0.15, -0.1) is 0 Å². The van der Waals surface area contributed by atoms with Crippen molar-refractivity contribution >= 4 is 46.8 Å². The van der Waals surface area contributed by atoms with Crippen LogP contribution in [0, 0.1) is 50.2 Å². The molecule has 12 heteroatoms. The number of piperidine rings is 3. The second-order valence-corrected chi connectivity index (χ2v) is 21.5. The fourth-order valence-corrected chi connectivity index (χ4v) is 12.0. The van der Waals surface area contributed by atoms with Gasteiger partial charge in [-0.25, -0.2) is 0 Å². The van der Waals surface area contributed by atoms with Gasteiger partial charge < -0.3 is 24.9 Å². The molecule has 0 amide bonds. The number of carbonyl (C=O) groups excluding carboxylic acids is 4. The predicted octanol–water partition coefficient (Wildman–Crippen LogP) is 8.25. The van der Waals surface area contributed by atoms with E-state index in [1.165, 1.54) is 51.4 Å². The lowest BCUT2D eigenvalue weighted by molar-refractivity contribution is -0.115. The van der Waals surface area contributed by atoms with E-state index in [1.807, 2.05) is 42.5 Å². The van der Waals surface area contributed by atoms with Gasteiger partial charge in [-0.1, -0.05) is 49.1 Å². The zero-order valence-corrected chi connectivity index (χ0v) is 40.4. The molecule has 3 spiro atoms. The number of allylic oxidation sites excluding steroid dienone is 3. The van der Waals surface area contributed by atoms with Crippen molar-refractivity contribution in [2.24, 2.45) is 16.2 Å². The van der Waals surface area contributed by atoms with Crippen LogP contribution in [-0.4, -0.2) is 94.4 Å². The van der Waals surface area contributed by atoms with E-state index in [2.05, 4.69) is 45.6 Å². The summed E-state index contributed by atoms with van der Waals surface area (Å²) >= 11 is 0. The molecule has 1 unspecified atom stereocenters. The number of carbonyl (C=O) groups is 4. The highest BCUT2D eigenvalue weighted by Crippen LogP contribution is 2.56. The van der Waals surface area contributed by atoms with Crippen molar-refractivity contribution in [3.63, 3.8) is 0 Å². The van der Waals surface area contributed by atoms with Crippen LogP contribution < -0.4 is 0 Å². The molecule has 12 rings (SSSR count). The molecule has 12 nitrogen and oxygen atoms in total. The smallest absolute Gasteiger partial charge is 0.179 e. The number of aldehydes is 1. The third-order valence-electron chi connectivity index (χ3n) is 17.3. The molecule has 3 aromatic carbocycles. The minimum atomic E-state index is -0.953. The number of nitrogens with zero attached hydrogens (tertiary/aromatic N) is 6. The molecule has 0 radical (unpaired) electrons. The minimum Gasteiger partial charge on any atom is -0.393 e. The lowest BCUT2D eigenvalue weighted by Gasteiger charge is -2.37. The summed E-state index contributed by atoms with van der Waals surface area (Å²) in [6.07, 6.45) is 17.2. The van der Waals surface area contributed by atoms with Crippen LogP contribution >= 0.6 is 0 Å². The molecule has 3 aromatic rings. The molecule has 9 aliphatic rings. The molecule has 2 N–H and O–H groups in total. The summed E-state index contributed by atoms with van der Waals surface area (Å²) in [5.41, 5.74) is 12.6. The van der Waals surface area contributed by atoms with Gasteiger partial charge >= 0.3 is 0 Å². The zero-order chi connectivity index (χ0) is 49.7. The number of Topliss-reactive ketones (excluding diaryl/α,β-unsaturated/α-hetero) is 3. The van der Waals surface area contributed by atoms with Crippen LogP contribution in [0.25, 0.3) is 23.2 Å². The SMILES string of the molecule is C=Cc1ccc2c(c1)C(N1CCC3(CC1)CC3)=C(C#N)C(=O)C2.N#CC1=C(N2CCC3(CC2)CC3)c2cc(C(O)CO)ccc2CC1=O.N#CC1=C(N2CCC3(CC2)CC3)c2cc(C=O)ccc2CC1=O. The Balaban J connectivity index is 0.000000123. The second-order valence-electron chi connectivity index (χ2n) is 21.5. The van der Waals surface area contributed by atoms with Crippen molar-refractivity contribution in [2.45, 2.75) is 102 Å². The lowest BCUT2D eigenvalue weighted by atomic mass is 9.84. The van der Waals surface area contributed by atoms with Crippen molar-refractivity contribution in [3.05, 3.63) is 128 Å². The van der Waals surface area contributed by atoms with Crippen LogP contribution in [0.3, 0.4) is 0 Å². The van der Waals surface area contributed by atoms with Crippen LogP contribution in [0.2, 0.25) is 0 Å². The Morgan fingerprint density at radius 1 is 0.535 bits per heavy atom. The molecule has 3 aliphatic heterocycles. The number of aliphatic hydroxyl groups excluding tert-OH is 2. The van der Waals surface area contributed by atoms with E-state index >= 15 is 0 Å². The first-order valence-corrected chi connectivity index (χ1v) is 25.4. The van der Waals surface area contributed by atoms with E-state index in [-0.39, 0.29) is 47.9 Å². The van der Waals surface area contributed by atoms with E-state index in [0.29, 0.717) is 39.4 Å². The van der Waals surface area contributed by atoms with Crippen LogP contribution in [0.4, 0.5) is 0 Å². The number of hydrogen-bond acceptors (Lipinski definition) is 12. The van der Waals surface area contributed by atoms with Crippen molar-refractivity contribution in [2.75, 3.05) is 45.9 Å². The molecule has 0 bridgehead atoms. The van der Waals surface area contributed by atoms with E-state index in [9.17, 15) is 45.2 Å².